The number of aliphatic hydroxyl groups is 1. The summed E-state index contributed by atoms with van der Waals surface area (Å²) in [5.74, 6) is 0. The second-order valence-corrected chi connectivity index (χ2v) is 7.22. The van der Waals surface area contributed by atoms with Gasteiger partial charge in [-0.05, 0) is 33.6 Å². The van der Waals surface area contributed by atoms with Crippen molar-refractivity contribution in [1.29, 1.82) is 0 Å². The highest BCUT2D eigenvalue weighted by molar-refractivity contribution is 4.89. The Kier molecular flexibility index (Phi) is 4.35. The lowest BCUT2D eigenvalue weighted by atomic mass is 9.84. The van der Waals surface area contributed by atoms with Crippen molar-refractivity contribution in [2.24, 2.45) is 0 Å². The van der Waals surface area contributed by atoms with Crippen LogP contribution in [0.25, 0.3) is 0 Å². The standard InChI is InChI=1S/C15H30N2O/c1-14(2,3)17-11-9-16(10-12-17)13-15(18)7-5-4-6-8-15/h18H,4-13H2,1-3H3. The van der Waals surface area contributed by atoms with Crippen molar-refractivity contribution in [3.05, 3.63) is 0 Å². The van der Waals surface area contributed by atoms with E-state index in [-0.39, 0.29) is 11.1 Å². The van der Waals surface area contributed by atoms with Gasteiger partial charge in [0.1, 0.15) is 0 Å². The molecular weight excluding hydrogens is 224 g/mol. The van der Waals surface area contributed by atoms with Crippen molar-refractivity contribution >= 4 is 0 Å². The molecule has 3 nitrogen and oxygen atoms in total. The second-order valence-electron chi connectivity index (χ2n) is 7.22. The van der Waals surface area contributed by atoms with E-state index in [1.54, 1.807) is 0 Å². The van der Waals surface area contributed by atoms with E-state index in [1.807, 2.05) is 0 Å². The zero-order valence-corrected chi connectivity index (χ0v) is 12.4. The maximum atomic E-state index is 10.6. The molecule has 1 heterocycles. The summed E-state index contributed by atoms with van der Waals surface area (Å²) < 4.78 is 0. The molecule has 1 aliphatic heterocycles. The number of piperazine rings is 1. The third-order valence-electron chi connectivity index (χ3n) is 4.62. The number of hydrogen-bond acceptors (Lipinski definition) is 3. The number of rotatable bonds is 2. The van der Waals surface area contributed by atoms with Crippen LogP contribution in [0.3, 0.4) is 0 Å². The van der Waals surface area contributed by atoms with Crippen LogP contribution in [0.15, 0.2) is 0 Å². The zero-order valence-electron chi connectivity index (χ0n) is 12.4. The van der Waals surface area contributed by atoms with E-state index in [4.69, 9.17) is 0 Å². The van der Waals surface area contributed by atoms with Crippen LogP contribution < -0.4 is 0 Å². The minimum atomic E-state index is -0.387. The molecule has 1 aliphatic carbocycles. The Morgan fingerprint density at radius 1 is 0.944 bits per heavy atom. The first-order valence-electron chi connectivity index (χ1n) is 7.59. The first kappa shape index (κ1) is 14.3. The van der Waals surface area contributed by atoms with Gasteiger partial charge in [0.25, 0.3) is 0 Å². The van der Waals surface area contributed by atoms with Crippen LogP contribution >= 0.6 is 0 Å². The highest BCUT2D eigenvalue weighted by atomic mass is 16.3. The molecule has 18 heavy (non-hydrogen) atoms. The summed E-state index contributed by atoms with van der Waals surface area (Å²) in [5.41, 5.74) is -0.101. The van der Waals surface area contributed by atoms with Crippen LogP contribution in [0, 0.1) is 0 Å². The quantitative estimate of drug-likeness (QED) is 0.817. The van der Waals surface area contributed by atoms with Gasteiger partial charge in [-0.2, -0.15) is 0 Å². The molecule has 1 saturated carbocycles. The molecule has 0 unspecified atom stereocenters. The van der Waals surface area contributed by atoms with Crippen LogP contribution in [0.1, 0.15) is 52.9 Å². The molecule has 1 N–H and O–H groups in total. The summed E-state index contributed by atoms with van der Waals surface area (Å²) in [5, 5.41) is 10.6. The van der Waals surface area contributed by atoms with Gasteiger partial charge in [-0.15, -0.1) is 0 Å². The molecule has 0 spiro atoms. The molecule has 1 saturated heterocycles. The fourth-order valence-electron chi connectivity index (χ4n) is 3.36. The van der Waals surface area contributed by atoms with E-state index >= 15 is 0 Å². The highest BCUT2D eigenvalue weighted by Crippen LogP contribution is 2.29. The predicted molar refractivity (Wildman–Crippen MR) is 75.8 cm³/mol. The van der Waals surface area contributed by atoms with Gasteiger partial charge < -0.3 is 5.11 Å². The Bertz CT molecular complexity index is 258. The van der Waals surface area contributed by atoms with Crippen molar-refractivity contribution in [1.82, 2.24) is 9.80 Å². The lowest BCUT2D eigenvalue weighted by molar-refractivity contribution is -0.0418. The fraction of sp³-hybridized carbons (Fsp3) is 1.00. The largest absolute Gasteiger partial charge is 0.389 e. The SMILES string of the molecule is CC(C)(C)N1CCN(CC2(O)CCCCC2)CC1. The second kappa shape index (κ2) is 5.48. The molecule has 2 aliphatic rings. The van der Waals surface area contributed by atoms with Crippen LogP contribution in [-0.2, 0) is 0 Å². The normalized spacial score (nSPS) is 27.3. The van der Waals surface area contributed by atoms with Gasteiger partial charge in [0.2, 0.25) is 0 Å². The van der Waals surface area contributed by atoms with Crippen LogP contribution in [-0.4, -0.2) is 58.8 Å². The Morgan fingerprint density at radius 3 is 2.00 bits per heavy atom. The molecule has 3 heteroatoms. The average molecular weight is 254 g/mol. The van der Waals surface area contributed by atoms with Gasteiger partial charge in [-0.3, -0.25) is 9.80 Å². The van der Waals surface area contributed by atoms with Crippen molar-refractivity contribution < 1.29 is 5.11 Å². The molecule has 2 fully saturated rings. The molecule has 0 amide bonds. The number of nitrogens with zero attached hydrogens (tertiary/aromatic N) is 2. The monoisotopic (exact) mass is 254 g/mol. The summed E-state index contributed by atoms with van der Waals surface area (Å²) >= 11 is 0. The maximum absolute atomic E-state index is 10.6. The average Bonchev–Trinajstić information content (AvgIpc) is 2.29. The zero-order chi connectivity index (χ0) is 13.2. The first-order valence-corrected chi connectivity index (χ1v) is 7.59. The van der Waals surface area contributed by atoms with E-state index in [1.165, 1.54) is 19.3 Å². The third-order valence-corrected chi connectivity index (χ3v) is 4.62. The maximum Gasteiger partial charge on any atom is 0.0774 e. The molecule has 0 aromatic carbocycles. The Hall–Kier alpha value is -0.120. The van der Waals surface area contributed by atoms with Crippen molar-refractivity contribution in [2.75, 3.05) is 32.7 Å². The molecule has 0 atom stereocenters. The lowest BCUT2D eigenvalue weighted by Crippen LogP contribution is -2.56. The topological polar surface area (TPSA) is 26.7 Å². The Labute approximate surface area is 112 Å². The van der Waals surface area contributed by atoms with Gasteiger partial charge in [-0.1, -0.05) is 19.3 Å². The lowest BCUT2D eigenvalue weighted by Gasteiger charge is -2.45. The van der Waals surface area contributed by atoms with Gasteiger partial charge in [0.15, 0.2) is 0 Å². The molecule has 106 valence electrons. The third kappa shape index (κ3) is 3.69. The van der Waals surface area contributed by atoms with E-state index in [0.29, 0.717) is 0 Å². The molecular formula is C15H30N2O. The minimum absolute atomic E-state index is 0.286. The summed E-state index contributed by atoms with van der Waals surface area (Å²) in [6.07, 6.45) is 5.73. The molecule has 0 aromatic rings. The van der Waals surface area contributed by atoms with E-state index in [0.717, 1.165) is 45.6 Å². The summed E-state index contributed by atoms with van der Waals surface area (Å²) in [4.78, 5) is 5.02. The van der Waals surface area contributed by atoms with E-state index in [2.05, 4.69) is 30.6 Å². The molecule has 0 radical (unpaired) electrons. The summed E-state index contributed by atoms with van der Waals surface area (Å²) in [6, 6.07) is 0. The number of β-amino-alcohol motifs (C(OH)–C–C–N with tert-alkyl or cyclic N) is 1. The number of hydrogen-bond donors (Lipinski definition) is 1. The van der Waals surface area contributed by atoms with Crippen molar-refractivity contribution in [3.8, 4) is 0 Å². The van der Waals surface area contributed by atoms with Crippen molar-refractivity contribution in [3.63, 3.8) is 0 Å². The van der Waals surface area contributed by atoms with Crippen molar-refractivity contribution in [2.45, 2.75) is 64.0 Å². The Morgan fingerprint density at radius 2 is 1.50 bits per heavy atom. The van der Waals surface area contributed by atoms with Gasteiger partial charge >= 0.3 is 0 Å². The van der Waals surface area contributed by atoms with Gasteiger partial charge in [0, 0.05) is 38.3 Å². The van der Waals surface area contributed by atoms with E-state index < -0.39 is 0 Å². The smallest absolute Gasteiger partial charge is 0.0774 e. The molecule has 0 aromatic heterocycles. The first-order chi connectivity index (χ1) is 8.39. The molecule has 2 rings (SSSR count). The highest BCUT2D eigenvalue weighted by Gasteiger charge is 2.33. The van der Waals surface area contributed by atoms with Crippen LogP contribution in [0.4, 0.5) is 0 Å². The Balaban J connectivity index is 1.79. The van der Waals surface area contributed by atoms with Crippen LogP contribution in [0.5, 0.6) is 0 Å². The van der Waals surface area contributed by atoms with Crippen LogP contribution in [0.2, 0.25) is 0 Å². The summed E-state index contributed by atoms with van der Waals surface area (Å²) in [7, 11) is 0. The summed E-state index contributed by atoms with van der Waals surface area (Å²) in [6.45, 7) is 12.3. The van der Waals surface area contributed by atoms with Gasteiger partial charge in [0.05, 0.1) is 5.60 Å². The van der Waals surface area contributed by atoms with Gasteiger partial charge in [-0.25, -0.2) is 0 Å². The predicted octanol–water partition coefficient (Wildman–Crippen LogP) is 2.10. The fourth-order valence-corrected chi connectivity index (χ4v) is 3.36. The minimum Gasteiger partial charge on any atom is -0.389 e. The molecule has 0 bridgehead atoms. The van der Waals surface area contributed by atoms with E-state index in [9.17, 15) is 5.11 Å².